The molecule has 0 bridgehead atoms. The SMILES string of the molecule is Cc1ccc2cc(C(F)(CN)C3CC3)ccc2n1. The second-order valence-corrected chi connectivity index (χ2v) is 5.20. The Morgan fingerprint density at radius 1 is 1.33 bits per heavy atom. The molecular weight excluding hydrogens is 227 g/mol. The summed E-state index contributed by atoms with van der Waals surface area (Å²) in [4.78, 5) is 4.43. The molecule has 0 aliphatic heterocycles. The minimum absolute atomic E-state index is 0.0580. The van der Waals surface area contributed by atoms with E-state index in [1.165, 1.54) is 0 Å². The van der Waals surface area contributed by atoms with Crippen LogP contribution >= 0.6 is 0 Å². The number of hydrogen-bond donors (Lipinski definition) is 1. The zero-order valence-electron chi connectivity index (χ0n) is 10.5. The summed E-state index contributed by atoms with van der Waals surface area (Å²) >= 11 is 0. The molecule has 2 aromatic rings. The first-order chi connectivity index (χ1) is 8.63. The third kappa shape index (κ3) is 1.79. The maximum absolute atomic E-state index is 14.9. The van der Waals surface area contributed by atoms with Crippen LogP contribution in [0.25, 0.3) is 10.9 Å². The third-order valence-corrected chi connectivity index (χ3v) is 3.83. The van der Waals surface area contributed by atoms with E-state index in [2.05, 4.69) is 4.98 Å². The molecule has 0 saturated heterocycles. The van der Waals surface area contributed by atoms with Crippen LogP contribution in [-0.2, 0) is 5.67 Å². The normalized spacial score (nSPS) is 18.8. The van der Waals surface area contributed by atoms with Gasteiger partial charge >= 0.3 is 0 Å². The third-order valence-electron chi connectivity index (χ3n) is 3.83. The molecule has 1 aromatic carbocycles. The van der Waals surface area contributed by atoms with Crippen LogP contribution in [0.3, 0.4) is 0 Å². The van der Waals surface area contributed by atoms with Gasteiger partial charge < -0.3 is 5.73 Å². The molecule has 0 amide bonds. The van der Waals surface area contributed by atoms with Crippen molar-refractivity contribution in [1.29, 1.82) is 0 Å². The van der Waals surface area contributed by atoms with Gasteiger partial charge in [0.05, 0.1) is 5.52 Å². The van der Waals surface area contributed by atoms with E-state index in [4.69, 9.17) is 5.73 Å². The van der Waals surface area contributed by atoms with Gasteiger partial charge in [-0.3, -0.25) is 4.98 Å². The lowest BCUT2D eigenvalue weighted by Crippen LogP contribution is -2.32. The smallest absolute Gasteiger partial charge is 0.150 e. The molecule has 3 heteroatoms. The van der Waals surface area contributed by atoms with Gasteiger partial charge in [-0.2, -0.15) is 0 Å². The second kappa shape index (κ2) is 4.02. The molecule has 1 aliphatic carbocycles. The molecule has 1 aliphatic rings. The highest BCUT2D eigenvalue weighted by atomic mass is 19.1. The number of halogens is 1. The molecule has 0 spiro atoms. The van der Waals surface area contributed by atoms with Crippen molar-refractivity contribution in [3.63, 3.8) is 0 Å². The predicted molar refractivity (Wildman–Crippen MR) is 71.0 cm³/mol. The number of rotatable bonds is 3. The van der Waals surface area contributed by atoms with Gasteiger partial charge in [-0.1, -0.05) is 12.1 Å². The molecular formula is C15H17FN2. The molecule has 3 rings (SSSR count). The van der Waals surface area contributed by atoms with Crippen LogP contribution < -0.4 is 5.73 Å². The predicted octanol–water partition coefficient (Wildman–Crippen LogP) is 3.08. The first-order valence-corrected chi connectivity index (χ1v) is 6.40. The van der Waals surface area contributed by atoms with Crippen LogP contribution in [0.4, 0.5) is 4.39 Å². The Hall–Kier alpha value is -1.48. The van der Waals surface area contributed by atoms with Crippen molar-refractivity contribution >= 4 is 10.9 Å². The van der Waals surface area contributed by atoms with Gasteiger partial charge in [-0.05, 0) is 49.4 Å². The van der Waals surface area contributed by atoms with E-state index in [1.54, 1.807) is 0 Å². The fraction of sp³-hybridized carbons (Fsp3) is 0.400. The Morgan fingerprint density at radius 3 is 2.78 bits per heavy atom. The summed E-state index contributed by atoms with van der Waals surface area (Å²) in [5.74, 6) is 0.0957. The minimum Gasteiger partial charge on any atom is -0.327 e. The summed E-state index contributed by atoms with van der Waals surface area (Å²) in [6, 6.07) is 9.56. The summed E-state index contributed by atoms with van der Waals surface area (Å²) < 4.78 is 14.9. The maximum atomic E-state index is 14.9. The topological polar surface area (TPSA) is 38.9 Å². The van der Waals surface area contributed by atoms with Crippen LogP contribution in [0.1, 0.15) is 24.1 Å². The van der Waals surface area contributed by atoms with Crippen molar-refractivity contribution in [2.24, 2.45) is 11.7 Å². The van der Waals surface area contributed by atoms with Crippen LogP contribution in [0.2, 0.25) is 0 Å². The molecule has 1 heterocycles. The van der Waals surface area contributed by atoms with E-state index in [-0.39, 0.29) is 12.5 Å². The molecule has 1 fully saturated rings. The van der Waals surface area contributed by atoms with Crippen molar-refractivity contribution in [1.82, 2.24) is 4.98 Å². The molecule has 1 unspecified atom stereocenters. The molecule has 0 radical (unpaired) electrons. The van der Waals surface area contributed by atoms with Crippen molar-refractivity contribution in [3.8, 4) is 0 Å². The van der Waals surface area contributed by atoms with Crippen molar-refractivity contribution in [2.45, 2.75) is 25.4 Å². The van der Waals surface area contributed by atoms with Crippen molar-refractivity contribution < 1.29 is 4.39 Å². The highest BCUT2D eigenvalue weighted by Gasteiger charge is 2.46. The highest BCUT2D eigenvalue weighted by Crippen LogP contribution is 2.48. The Labute approximate surface area is 106 Å². The summed E-state index contributed by atoms with van der Waals surface area (Å²) in [5.41, 5.74) is 6.88. The summed E-state index contributed by atoms with van der Waals surface area (Å²) in [7, 11) is 0. The lowest BCUT2D eigenvalue weighted by atomic mass is 9.90. The average molecular weight is 244 g/mol. The van der Waals surface area contributed by atoms with E-state index < -0.39 is 5.67 Å². The number of fused-ring (bicyclic) bond motifs is 1. The molecule has 1 atom stereocenters. The lowest BCUT2D eigenvalue weighted by Gasteiger charge is -2.24. The first kappa shape index (κ1) is 11.6. The standard InChI is InChI=1S/C15H17FN2/c1-10-2-3-11-8-13(6-7-14(11)18-10)15(16,9-17)12-4-5-12/h2-3,6-8,12H,4-5,9,17H2,1H3. The van der Waals surface area contributed by atoms with Crippen LogP contribution in [0.15, 0.2) is 30.3 Å². The molecule has 2 nitrogen and oxygen atoms in total. The number of hydrogen-bond acceptors (Lipinski definition) is 2. The number of benzene rings is 1. The van der Waals surface area contributed by atoms with E-state index in [1.807, 2.05) is 37.3 Å². The van der Waals surface area contributed by atoms with Gasteiger partial charge in [0.25, 0.3) is 0 Å². The lowest BCUT2D eigenvalue weighted by molar-refractivity contribution is 0.143. The first-order valence-electron chi connectivity index (χ1n) is 6.40. The quantitative estimate of drug-likeness (QED) is 0.901. The van der Waals surface area contributed by atoms with Crippen LogP contribution in [0.5, 0.6) is 0 Å². The summed E-state index contributed by atoms with van der Waals surface area (Å²) in [6.45, 7) is 2.01. The molecule has 1 aromatic heterocycles. The molecule has 18 heavy (non-hydrogen) atoms. The monoisotopic (exact) mass is 244 g/mol. The number of nitrogens with zero attached hydrogens (tertiary/aromatic N) is 1. The Bertz CT molecular complexity index is 592. The minimum atomic E-state index is -1.36. The van der Waals surface area contributed by atoms with Crippen LogP contribution in [-0.4, -0.2) is 11.5 Å². The molecule has 94 valence electrons. The van der Waals surface area contributed by atoms with E-state index in [9.17, 15) is 4.39 Å². The maximum Gasteiger partial charge on any atom is 0.150 e. The highest BCUT2D eigenvalue weighted by molar-refractivity contribution is 5.79. The van der Waals surface area contributed by atoms with Gasteiger partial charge in [0.15, 0.2) is 5.67 Å². The number of alkyl halides is 1. The largest absolute Gasteiger partial charge is 0.327 e. The summed E-state index contributed by atoms with van der Waals surface area (Å²) in [5, 5.41) is 0.981. The average Bonchev–Trinajstić information content (AvgIpc) is 3.21. The number of aryl methyl sites for hydroxylation is 1. The van der Waals surface area contributed by atoms with Gasteiger partial charge in [-0.25, -0.2) is 4.39 Å². The number of aromatic nitrogens is 1. The van der Waals surface area contributed by atoms with Gasteiger partial charge in [0, 0.05) is 17.6 Å². The summed E-state index contributed by atoms with van der Waals surface area (Å²) in [6.07, 6.45) is 1.88. The van der Waals surface area contributed by atoms with Crippen molar-refractivity contribution in [3.05, 3.63) is 41.6 Å². The Balaban J connectivity index is 2.10. The number of pyridine rings is 1. The second-order valence-electron chi connectivity index (χ2n) is 5.20. The van der Waals surface area contributed by atoms with Gasteiger partial charge in [0.1, 0.15) is 0 Å². The van der Waals surface area contributed by atoms with Gasteiger partial charge in [-0.15, -0.1) is 0 Å². The van der Waals surface area contributed by atoms with E-state index >= 15 is 0 Å². The Morgan fingerprint density at radius 2 is 2.11 bits per heavy atom. The molecule has 2 N–H and O–H groups in total. The Kier molecular flexibility index (Phi) is 2.59. The zero-order chi connectivity index (χ0) is 12.8. The molecule has 1 saturated carbocycles. The van der Waals surface area contributed by atoms with E-state index in [0.29, 0.717) is 5.56 Å². The number of nitrogens with two attached hydrogens (primary N) is 1. The van der Waals surface area contributed by atoms with Crippen molar-refractivity contribution in [2.75, 3.05) is 6.54 Å². The van der Waals surface area contributed by atoms with E-state index in [0.717, 1.165) is 29.4 Å². The van der Waals surface area contributed by atoms with Gasteiger partial charge in [0.2, 0.25) is 0 Å². The fourth-order valence-corrected chi connectivity index (χ4v) is 2.55. The van der Waals surface area contributed by atoms with Crippen LogP contribution in [0, 0.1) is 12.8 Å². The zero-order valence-corrected chi connectivity index (χ0v) is 10.5. The fourth-order valence-electron chi connectivity index (χ4n) is 2.55.